The van der Waals surface area contributed by atoms with Crippen molar-refractivity contribution in [3.8, 4) is 0 Å². The Labute approximate surface area is 102 Å². The summed E-state index contributed by atoms with van der Waals surface area (Å²) in [6.45, 7) is 2.19. The van der Waals surface area contributed by atoms with Gasteiger partial charge >= 0.3 is 6.18 Å². The molecule has 1 aromatic heterocycles. The summed E-state index contributed by atoms with van der Waals surface area (Å²) in [6.07, 6.45) is -1.81. The number of rotatable bonds is 3. The number of carbonyl (C=O) groups excluding carboxylic acids is 1. The zero-order valence-corrected chi connectivity index (χ0v) is 9.95. The van der Waals surface area contributed by atoms with E-state index in [9.17, 15) is 18.0 Å². The van der Waals surface area contributed by atoms with E-state index in [1.54, 1.807) is 19.1 Å². The topological polar surface area (TPSA) is 68.0 Å². The van der Waals surface area contributed by atoms with E-state index < -0.39 is 23.7 Å². The molecule has 0 aliphatic rings. The molecule has 1 aromatic rings. The number of hydrogen-bond donors (Lipinski definition) is 2. The summed E-state index contributed by atoms with van der Waals surface area (Å²) < 4.78 is 37.6. The molecule has 18 heavy (non-hydrogen) atoms. The van der Waals surface area contributed by atoms with Crippen LogP contribution in [-0.4, -0.2) is 22.6 Å². The molecule has 0 radical (unpaired) electrons. The van der Waals surface area contributed by atoms with Crippen LogP contribution in [0.4, 0.5) is 13.2 Å². The van der Waals surface area contributed by atoms with Crippen LogP contribution in [-0.2, 0) is 4.79 Å². The maximum Gasteiger partial charge on any atom is 0.415 e. The summed E-state index contributed by atoms with van der Waals surface area (Å²) in [7, 11) is 0. The van der Waals surface area contributed by atoms with Crippen LogP contribution in [0.3, 0.4) is 0 Å². The minimum absolute atomic E-state index is 0.601. The fraction of sp³-hybridized carbons (Fsp3) is 0.455. The van der Waals surface area contributed by atoms with Crippen molar-refractivity contribution in [2.45, 2.75) is 31.6 Å². The van der Waals surface area contributed by atoms with Gasteiger partial charge in [-0.3, -0.25) is 9.78 Å². The van der Waals surface area contributed by atoms with E-state index in [4.69, 9.17) is 5.73 Å². The number of halogens is 3. The van der Waals surface area contributed by atoms with Crippen molar-refractivity contribution >= 4 is 5.91 Å². The third-order valence-electron chi connectivity index (χ3n) is 2.59. The lowest BCUT2D eigenvalue weighted by Gasteiger charge is -2.28. The van der Waals surface area contributed by atoms with Gasteiger partial charge in [0.15, 0.2) is 5.54 Å². The first-order chi connectivity index (χ1) is 8.16. The normalized spacial score (nSPS) is 16.8. The lowest BCUT2D eigenvalue weighted by Crippen LogP contribution is -2.61. The molecular formula is C11H14F3N3O. The molecule has 7 heteroatoms. The predicted octanol–water partition coefficient (Wildman–Crippen LogP) is 1.54. The molecule has 2 atom stereocenters. The van der Waals surface area contributed by atoms with E-state index in [0.29, 0.717) is 12.5 Å². The number of alkyl halides is 3. The Balaban J connectivity index is 2.78. The van der Waals surface area contributed by atoms with Crippen molar-refractivity contribution in [3.63, 3.8) is 0 Å². The third-order valence-corrected chi connectivity index (χ3v) is 2.59. The molecule has 2 unspecified atom stereocenters. The highest BCUT2D eigenvalue weighted by molar-refractivity contribution is 5.86. The molecule has 1 rings (SSSR count). The standard InChI is InChI=1S/C11H14F3N3O/c1-7(8-4-3-5-16-6-8)17-9(18)10(2,15)11(12,13)14/h3-7H,15H2,1-2H3,(H,17,18). The van der Waals surface area contributed by atoms with E-state index in [-0.39, 0.29) is 0 Å². The highest BCUT2D eigenvalue weighted by atomic mass is 19.4. The Hall–Kier alpha value is -1.63. The summed E-state index contributed by atoms with van der Waals surface area (Å²) >= 11 is 0. The fourth-order valence-electron chi connectivity index (χ4n) is 1.19. The Morgan fingerprint density at radius 2 is 2.11 bits per heavy atom. The van der Waals surface area contributed by atoms with Gasteiger partial charge < -0.3 is 11.1 Å². The first-order valence-corrected chi connectivity index (χ1v) is 5.22. The van der Waals surface area contributed by atoms with Gasteiger partial charge in [-0.2, -0.15) is 13.2 Å². The van der Waals surface area contributed by atoms with Crippen LogP contribution in [0.15, 0.2) is 24.5 Å². The summed E-state index contributed by atoms with van der Waals surface area (Å²) in [6, 6.07) is 2.68. The summed E-state index contributed by atoms with van der Waals surface area (Å²) in [4.78, 5) is 15.3. The largest absolute Gasteiger partial charge is 0.415 e. The number of nitrogens with two attached hydrogens (primary N) is 1. The van der Waals surface area contributed by atoms with Crippen molar-refractivity contribution < 1.29 is 18.0 Å². The second-order valence-corrected chi connectivity index (χ2v) is 4.18. The minimum atomic E-state index is -4.80. The maximum atomic E-state index is 12.5. The molecule has 1 heterocycles. The van der Waals surface area contributed by atoms with Crippen LogP contribution < -0.4 is 11.1 Å². The summed E-state index contributed by atoms with van der Waals surface area (Å²) in [5, 5.41) is 2.22. The van der Waals surface area contributed by atoms with Gasteiger partial charge in [0.2, 0.25) is 5.91 Å². The van der Waals surface area contributed by atoms with Crippen molar-refractivity contribution in [3.05, 3.63) is 30.1 Å². The number of amides is 1. The van der Waals surface area contributed by atoms with Crippen LogP contribution in [0.2, 0.25) is 0 Å². The van der Waals surface area contributed by atoms with Gasteiger partial charge in [0.05, 0.1) is 6.04 Å². The van der Waals surface area contributed by atoms with Crippen LogP contribution in [0.5, 0.6) is 0 Å². The lowest BCUT2D eigenvalue weighted by atomic mass is 10.0. The zero-order valence-electron chi connectivity index (χ0n) is 9.95. The van der Waals surface area contributed by atoms with E-state index in [1.807, 2.05) is 0 Å². The minimum Gasteiger partial charge on any atom is -0.348 e. The van der Waals surface area contributed by atoms with Gasteiger partial charge in [0.25, 0.3) is 0 Å². The number of aromatic nitrogens is 1. The first kappa shape index (κ1) is 14.4. The van der Waals surface area contributed by atoms with Crippen LogP contribution >= 0.6 is 0 Å². The molecule has 100 valence electrons. The molecule has 0 aliphatic heterocycles. The molecule has 0 saturated heterocycles. The van der Waals surface area contributed by atoms with E-state index in [0.717, 1.165) is 0 Å². The van der Waals surface area contributed by atoms with Crippen molar-refractivity contribution in [1.29, 1.82) is 0 Å². The van der Waals surface area contributed by atoms with Crippen LogP contribution in [0.25, 0.3) is 0 Å². The fourth-order valence-corrected chi connectivity index (χ4v) is 1.19. The summed E-state index contributed by atoms with van der Waals surface area (Å²) in [5.74, 6) is -1.27. The molecule has 1 amide bonds. The van der Waals surface area contributed by atoms with Gasteiger partial charge in [0, 0.05) is 12.4 Å². The SMILES string of the molecule is CC(NC(=O)C(C)(N)C(F)(F)F)c1cccnc1. The Bertz CT molecular complexity index is 417. The number of pyridine rings is 1. The molecule has 0 aromatic carbocycles. The quantitative estimate of drug-likeness (QED) is 0.867. The highest BCUT2D eigenvalue weighted by Gasteiger charge is 2.54. The molecule has 0 spiro atoms. The average Bonchev–Trinajstić information content (AvgIpc) is 2.28. The van der Waals surface area contributed by atoms with Crippen LogP contribution in [0.1, 0.15) is 25.5 Å². The van der Waals surface area contributed by atoms with Gasteiger partial charge in [-0.05, 0) is 25.5 Å². The molecule has 4 nitrogen and oxygen atoms in total. The Morgan fingerprint density at radius 1 is 1.50 bits per heavy atom. The molecule has 3 N–H and O–H groups in total. The second-order valence-electron chi connectivity index (χ2n) is 4.18. The lowest BCUT2D eigenvalue weighted by molar-refractivity contribution is -0.187. The Morgan fingerprint density at radius 3 is 2.56 bits per heavy atom. The predicted molar refractivity (Wildman–Crippen MR) is 59.4 cm³/mol. The van der Waals surface area contributed by atoms with E-state index >= 15 is 0 Å². The number of nitrogens with one attached hydrogen (secondary N) is 1. The third kappa shape index (κ3) is 2.98. The highest BCUT2D eigenvalue weighted by Crippen LogP contribution is 2.28. The maximum absolute atomic E-state index is 12.5. The van der Waals surface area contributed by atoms with Gasteiger partial charge in [-0.25, -0.2) is 0 Å². The molecule has 0 aliphatic carbocycles. The smallest absolute Gasteiger partial charge is 0.348 e. The average molecular weight is 261 g/mol. The second kappa shape index (κ2) is 4.93. The van der Waals surface area contributed by atoms with E-state index in [1.165, 1.54) is 12.4 Å². The summed E-state index contributed by atoms with van der Waals surface area (Å²) in [5.41, 5.74) is 2.70. The number of hydrogen-bond acceptors (Lipinski definition) is 3. The van der Waals surface area contributed by atoms with Crippen LogP contribution in [0, 0.1) is 0 Å². The molecule has 0 saturated carbocycles. The molecule has 0 bridgehead atoms. The van der Waals surface area contributed by atoms with Crippen molar-refractivity contribution in [2.75, 3.05) is 0 Å². The monoisotopic (exact) mass is 261 g/mol. The number of carbonyl (C=O) groups is 1. The van der Waals surface area contributed by atoms with Gasteiger partial charge in [-0.1, -0.05) is 6.07 Å². The first-order valence-electron chi connectivity index (χ1n) is 5.22. The van der Waals surface area contributed by atoms with Gasteiger partial charge in [0.1, 0.15) is 0 Å². The van der Waals surface area contributed by atoms with Gasteiger partial charge in [-0.15, -0.1) is 0 Å². The van der Waals surface area contributed by atoms with E-state index in [2.05, 4.69) is 10.3 Å². The zero-order chi connectivity index (χ0) is 14.0. The van der Waals surface area contributed by atoms with Crippen molar-refractivity contribution in [1.82, 2.24) is 10.3 Å². The Kier molecular flexibility index (Phi) is 3.95. The molecule has 0 fully saturated rings. The molecular weight excluding hydrogens is 247 g/mol. The number of nitrogens with zero attached hydrogens (tertiary/aromatic N) is 1. The van der Waals surface area contributed by atoms with Crippen molar-refractivity contribution in [2.24, 2.45) is 5.73 Å².